The normalized spacial score (nSPS) is 24.5. The first-order valence-electron chi connectivity index (χ1n) is 7.30. The SMILES string of the molecule is CC(=O)c1c(C)n(C2CC(O)C(CO)O2)c2cc(Cl)c(Cl)cc12. The Morgan fingerprint density at radius 2 is 2.04 bits per heavy atom. The van der Waals surface area contributed by atoms with Gasteiger partial charge in [0.2, 0.25) is 0 Å². The highest BCUT2D eigenvalue weighted by atomic mass is 35.5. The van der Waals surface area contributed by atoms with Crippen LogP contribution in [0.2, 0.25) is 10.0 Å². The molecule has 1 aromatic heterocycles. The summed E-state index contributed by atoms with van der Waals surface area (Å²) in [5, 5.41) is 20.7. The van der Waals surface area contributed by atoms with Crippen molar-refractivity contribution in [2.24, 2.45) is 0 Å². The quantitative estimate of drug-likeness (QED) is 0.828. The summed E-state index contributed by atoms with van der Waals surface area (Å²) >= 11 is 12.2. The van der Waals surface area contributed by atoms with Gasteiger partial charge in [0.25, 0.3) is 0 Å². The van der Waals surface area contributed by atoms with E-state index in [9.17, 15) is 15.0 Å². The topological polar surface area (TPSA) is 71.7 Å². The zero-order valence-electron chi connectivity index (χ0n) is 12.7. The number of aliphatic hydroxyl groups excluding tert-OH is 2. The molecule has 1 saturated heterocycles. The van der Waals surface area contributed by atoms with Crippen molar-refractivity contribution in [3.05, 3.63) is 33.4 Å². The fourth-order valence-corrected chi connectivity index (χ4v) is 3.61. The Hall–Kier alpha value is -1.11. The average Bonchev–Trinajstić information content (AvgIpc) is 2.96. The van der Waals surface area contributed by atoms with Crippen molar-refractivity contribution in [1.29, 1.82) is 0 Å². The fraction of sp³-hybridized carbons (Fsp3) is 0.438. The number of benzene rings is 1. The summed E-state index contributed by atoms with van der Waals surface area (Å²) in [6.07, 6.45) is -1.55. The van der Waals surface area contributed by atoms with E-state index in [1.807, 2.05) is 11.5 Å². The van der Waals surface area contributed by atoms with Crippen LogP contribution in [0.3, 0.4) is 0 Å². The van der Waals surface area contributed by atoms with Gasteiger partial charge in [-0.25, -0.2) is 0 Å². The van der Waals surface area contributed by atoms with Crippen LogP contribution < -0.4 is 0 Å². The van der Waals surface area contributed by atoms with Crippen molar-refractivity contribution < 1.29 is 19.7 Å². The Morgan fingerprint density at radius 3 is 2.61 bits per heavy atom. The van der Waals surface area contributed by atoms with Gasteiger partial charge in [-0.2, -0.15) is 0 Å². The van der Waals surface area contributed by atoms with Gasteiger partial charge in [0.1, 0.15) is 12.3 Å². The third-order valence-corrected chi connectivity index (χ3v) is 5.04. The summed E-state index contributed by atoms with van der Waals surface area (Å²) in [5.41, 5.74) is 2.00. The molecule has 0 radical (unpaired) electrons. The smallest absolute Gasteiger partial charge is 0.162 e. The van der Waals surface area contributed by atoms with E-state index in [1.54, 1.807) is 12.1 Å². The minimum absolute atomic E-state index is 0.0816. The van der Waals surface area contributed by atoms with Gasteiger partial charge < -0.3 is 19.5 Å². The number of hydrogen-bond acceptors (Lipinski definition) is 4. The highest BCUT2D eigenvalue weighted by Gasteiger charge is 2.36. The van der Waals surface area contributed by atoms with Crippen molar-refractivity contribution in [1.82, 2.24) is 4.57 Å². The van der Waals surface area contributed by atoms with E-state index in [-0.39, 0.29) is 12.4 Å². The van der Waals surface area contributed by atoms with Crippen molar-refractivity contribution in [3.63, 3.8) is 0 Å². The first-order chi connectivity index (χ1) is 10.8. The molecule has 2 aromatic rings. The Balaban J connectivity index is 2.23. The van der Waals surface area contributed by atoms with E-state index in [0.717, 1.165) is 11.2 Å². The van der Waals surface area contributed by atoms with Crippen LogP contribution >= 0.6 is 23.2 Å². The van der Waals surface area contributed by atoms with Crippen LogP contribution in [0, 0.1) is 6.92 Å². The molecule has 124 valence electrons. The van der Waals surface area contributed by atoms with Crippen molar-refractivity contribution >= 4 is 39.9 Å². The van der Waals surface area contributed by atoms with Crippen LogP contribution in [-0.2, 0) is 4.74 Å². The third-order valence-electron chi connectivity index (χ3n) is 4.31. The lowest BCUT2D eigenvalue weighted by Gasteiger charge is -2.17. The van der Waals surface area contributed by atoms with Crippen LogP contribution in [0.1, 0.15) is 35.6 Å². The van der Waals surface area contributed by atoms with Crippen molar-refractivity contribution in [2.45, 2.75) is 38.7 Å². The highest BCUT2D eigenvalue weighted by molar-refractivity contribution is 6.43. The summed E-state index contributed by atoms with van der Waals surface area (Å²) < 4.78 is 7.58. The van der Waals surface area contributed by atoms with Gasteiger partial charge in [0.05, 0.1) is 28.3 Å². The molecule has 0 amide bonds. The minimum Gasteiger partial charge on any atom is -0.394 e. The van der Waals surface area contributed by atoms with Crippen LogP contribution in [0.15, 0.2) is 12.1 Å². The molecule has 0 bridgehead atoms. The maximum atomic E-state index is 12.1. The molecule has 3 unspecified atom stereocenters. The number of fused-ring (bicyclic) bond motifs is 1. The zero-order chi connectivity index (χ0) is 16.9. The van der Waals surface area contributed by atoms with Crippen LogP contribution in [0.5, 0.6) is 0 Å². The average molecular weight is 358 g/mol. The van der Waals surface area contributed by atoms with Crippen LogP contribution in [0.4, 0.5) is 0 Å². The first kappa shape index (κ1) is 16.7. The predicted octanol–water partition coefficient (Wildman–Crippen LogP) is 3.10. The standard InChI is InChI=1S/C16H17Cl2NO4/c1-7-16(8(2)21)9-3-10(17)11(18)4-12(9)19(7)15-5-13(22)14(6-20)23-15/h3-4,13-15,20,22H,5-6H2,1-2H3. The molecule has 2 N–H and O–H groups in total. The lowest BCUT2D eigenvalue weighted by molar-refractivity contribution is -0.0434. The largest absolute Gasteiger partial charge is 0.394 e. The summed E-state index contributed by atoms with van der Waals surface area (Å²) in [6, 6.07) is 3.37. The number of aliphatic hydroxyl groups is 2. The third kappa shape index (κ3) is 2.66. The number of nitrogens with zero attached hydrogens (tertiary/aromatic N) is 1. The molecule has 3 atom stereocenters. The minimum atomic E-state index is -0.759. The molecular formula is C16H17Cl2NO4. The number of aromatic nitrogens is 1. The molecular weight excluding hydrogens is 341 g/mol. The number of halogens is 2. The van der Waals surface area contributed by atoms with Gasteiger partial charge in [-0.05, 0) is 26.0 Å². The fourth-order valence-electron chi connectivity index (χ4n) is 3.28. The Labute approximate surface area is 143 Å². The van der Waals surface area contributed by atoms with Gasteiger partial charge >= 0.3 is 0 Å². The Bertz CT molecular complexity index is 786. The number of carbonyl (C=O) groups is 1. The molecule has 0 spiro atoms. The first-order valence-corrected chi connectivity index (χ1v) is 8.05. The molecule has 3 rings (SSSR count). The summed E-state index contributed by atoms with van der Waals surface area (Å²) in [4.78, 5) is 12.1. The van der Waals surface area contributed by atoms with Crippen molar-refractivity contribution in [3.8, 4) is 0 Å². The number of hydrogen-bond donors (Lipinski definition) is 2. The van der Waals surface area contributed by atoms with Gasteiger partial charge in [0, 0.05) is 23.1 Å². The molecule has 1 aliphatic heterocycles. The van der Waals surface area contributed by atoms with Crippen molar-refractivity contribution in [2.75, 3.05) is 6.61 Å². The van der Waals surface area contributed by atoms with Crippen LogP contribution in [-0.4, -0.2) is 39.4 Å². The summed E-state index contributed by atoms with van der Waals surface area (Å²) in [6.45, 7) is 3.05. The second-order valence-corrected chi connectivity index (χ2v) is 6.60. The van der Waals surface area contributed by atoms with Gasteiger partial charge in [-0.1, -0.05) is 23.2 Å². The number of Topliss-reactive ketones (excluding diaryl/α,β-unsaturated/α-hetero) is 1. The predicted molar refractivity (Wildman–Crippen MR) is 88.3 cm³/mol. The van der Waals surface area contributed by atoms with Crippen LogP contribution in [0.25, 0.3) is 10.9 Å². The number of carbonyl (C=O) groups excluding carboxylic acids is 1. The molecule has 7 heteroatoms. The maximum absolute atomic E-state index is 12.1. The molecule has 5 nitrogen and oxygen atoms in total. The Morgan fingerprint density at radius 1 is 1.39 bits per heavy atom. The van der Waals surface area contributed by atoms with E-state index in [4.69, 9.17) is 27.9 Å². The lowest BCUT2D eigenvalue weighted by Crippen LogP contribution is -2.24. The molecule has 2 heterocycles. The van der Waals surface area contributed by atoms with Gasteiger partial charge in [0.15, 0.2) is 5.78 Å². The second kappa shape index (κ2) is 6.07. The highest BCUT2D eigenvalue weighted by Crippen LogP contribution is 2.39. The van der Waals surface area contributed by atoms with E-state index in [0.29, 0.717) is 27.4 Å². The van der Waals surface area contributed by atoms with E-state index in [2.05, 4.69) is 0 Å². The molecule has 0 aliphatic carbocycles. The second-order valence-electron chi connectivity index (χ2n) is 5.78. The molecule has 23 heavy (non-hydrogen) atoms. The number of ether oxygens (including phenoxy) is 1. The number of rotatable bonds is 3. The molecule has 1 aromatic carbocycles. The molecule has 1 aliphatic rings. The maximum Gasteiger partial charge on any atom is 0.162 e. The summed E-state index contributed by atoms with van der Waals surface area (Å²) in [5.74, 6) is -0.0816. The Kier molecular flexibility index (Phi) is 4.42. The monoisotopic (exact) mass is 357 g/mol. The number of ketones is 1. The molecule has 0 saturated carbocycles. The van der Waals surface area contributed by atoms with Gasteiger partial charge in [-0.15, -0.1) is 0 Å². The zero-order valence-corrected chi connectivity index (χ0v) is 14.2. The summed E-state index contributed by atoms with van der Waals surface area (Å²) in [7, 11) is 0. The lowest BCUT2D eigenvalue weighted by atomic mass is 10.1. The molecule has 1 fully saturated rings. The van der Waals surface area contributed by atoms with E-state index < -0.39 is 18.4 Å². The van der Waals surface area contributed by atoms with E-state index >= 15 is 0 Å². The van der Waals surface area contributed by atoms with E-state index in [1.165, 1.54) is 6.92 Å². The van der Waals surface area contributed by atoms with Gasteiger partial charge in [-0.3, -0.25) is 4.79 Å².